The Bertz CT molecular complexity index is 1030. The molecule has 3 aromatic rings. The molecule has 0 fully saturated rings. The topological polar surface area (TPSA) is 65.7 Å². The van der Waals surface area contributed by atoms with Crippen molar-refractivity contribution in [3.8, 4) is 5.75 Å². The van der Waals surface area contributed by atoms with Crippen LogP contribution in [0.15, 0.2) is 51.7 Å². The van der Waals surface area contributed by atoms with Gasteiger partial charge in [-0.15, -0.1) is 0 Å². The fourth-order valence-corrected chi connectivity index (χ4v) is 2.79. The zero-order valence-electron chi connectivity index (χ0n) is 15.7. The summed E-state index contributed by atoms with van der Waals surface area (Å²) in [6.45, 7) is 6.17. The second-order valence-corrected chi connectivity index (χ2v) is 6.60. The molecule has 0 aliphatic heterocycles. The van der Waals surface area contributed by atoms with Crippen molar-refractivity contribution in [2.24, 2.45) is 0 Å². The monoisotopic (exact) mass is 366 g/mol. The van der Waals surface area contributed by atoms with Crippen molar-refractivity contribution in [3.05, 3.63) is 75.1 Å². The summed E-state index contributed by atoms with van der Waals surface area (Å²) in [5.41, 5.74) is 3.88. The van der Waals surface area contributed by atoms with E-state index in [1.807, 2.05) is 57.2 Å². The molecule has 5 nitrogen and oxygen atoms in total. The Labute approximate surface area is 157 Å². The van der Waals surface area contributed by atoms with E-state index in [9.17, 15) is 9.59 Å². The van der Waals surface area contributed by atoms with Gasteiger partial charge < -0.3 is 13.9 Å². The van der Waals surface area contributed by atoms with Crippen LogP contribution in [0, 0.1) is 20.8 Å². The second-order valence-electron chi connectivity index (χ2n) is 6.60. The first-order valence-corrected chi connectivity index (χ1v) is 8.81. The smallest absolute Gasteiger partial charge is 0.336 e. The molecule has 27 heavy (non-hydrogen) atoms. The number of rotatable bonds is 6. The van der Waals surface area contributed by atoms with E-state index in [2.05, 4.69) is 0 Å². The van der Waals surface area contributed by atoms with Gasteiger partial charge in [-0.2, -0.15) is 0 Å². The summed E-state index contributed by atoms with van der Waals surface area (Å²) < 4.78 is 16.1. The van der Waals surface area contributed by atoms with Gasteiger partial charge in [0.2, 0.25) is 0 Å². The summed E-state index contributed by atoms with van der Waals surface area (Å²) >= 11 is 0. The quantitative estimate of drug-likeness (QED) is 0.482. The van der Waals surface area contributed by atoms with Gasteiger partial charge in [0.1, 0.15) is 17.9 Å². The molecule has 140 valence electrons. The molecular weight excluding hydrogens is 344 g/mol. The van der Waals surface area contributed by atoms with Crippen molar-refractivity contribution in [1.29, 1.82) is 0 Å². The molecule has 0 amide bonds. The Hall–Kier alpha value is -3.08. The van der Waals surface area contributed by atoms with Crippen LogP contribution in [0.2, 0.25) is 0 Å². The number of fused-ring (bicyclic) bond motifs is 1. The average Bonchev–Trinajstić information content (AvgIpc) is 2.61. The zero-order valence-corrected chi connectivity index (χ0v) is 15.7. The molecule has 0 atom stereocenters. The first-order valence-electron chi connectivity index (χ1n) is 8.81. The summed E-state index contributed by atoms with van der Waals surface area (Å²) in [5.74, 6) is 0.341. The molecule has 0 saturated carbocycles. The zero-order chi connectivity index (χ0) is 19.4. The minimum atomic E-state index is -0.459. The highest BCUT2D eigenvalue weighted by Crippen LogP contribution is 2.22. The molecule has 2 aromatic carbocycles. The minimum absolute atomic E-state index is 0.0217. The number of hydrogen-bond donors (Lipinski definition) is 0. The molecule has 3 rings (SSSR count). The van der Waals surface area contributed by atoms with Crippen molar-refractivity contribution in [1.82, 2.24) is 0 Å². The Kier molecular flexibility index (Phi) is 5.60. The molecular formula is C22H22O5. The van der Waals surface area contributed by atoms with Crippen LogP contribution in [-0.4, -0.2) is 12.6 Å². The van der Waals surface area contributed by atoms with Crippen molar-refractivity contribution in [2.45, 2.75) is 33.8 Å². The highest BCUT2D eigenvalue weighted by Gasteiger charge is 2.11. The molecule has 5 heteroatoms. The third kappa shape index (κ3) is 4.76. The summed E-state index contributed by atoms with van der Waals surface area (Å²) in [4.78, 5) is 23.8. The van der Waals surface area contributed by atoms with Gasteiger partial charge in [-0.3, -0.25) is 4.79 Å². The maximum Gasteiger partial charge on any atom is 0.336 e. The van der Waals surface area contributed by atoms with Gasteiger partial charge in [0.15, 0.2) is 0 Å². The molecule has 0 spiro atoms. The van der Waals surface area contributed by atoms with Crippen LogP contribution in [0.3, 0.4) is 0 Å². The van der Waals surface area contributed by atoms with Crippen molar-refractivity contribution >= 4 is 16.9 Å². The molecule has 1 aromatic heterocycles. The molecule has 0 radical (unpaired) electrons. The lowest BCUT2D eigenvalue weighted by Gasteiger charge is -2.10. The van der Waals surface area contributed by atoms with Gasteiger partial charge in [-0.05, 0) is 61.7 Å². The third-order valence-electron chi connectivity index (χ3n) is 4.40. The highest BCUT2D eigenvalue weighted by molar-refractivity contribution is 5.82. The van der Waals surface area contributed by atoms with E-state index >= 15 is 0 Å². The first kappa shape index (κ1) is 18.7. The van der Waals surface area contributed by atoms with Crippen LogP contribution in [0.1, 0.15) is 28.7 Å². The van der Waals surface area contributed by atoms with E-state index in [0.717, 1.165) is 27.8 Å². The number of carbonyl (C=O) groups is 1. The van der Waals surface area contributed by atoms with E-state index in [0.29, 0.717) is 11.1 Å². The van der Waals surface area contributed by atoms with Gasteiger partial charge in [0.05, 0.1) is 13.0 Å². The fourth-order valence-electron chi connectivity index (χ4n) is 2.79. The molecule has 0 saturated heterocycles. The van der Waals surface area contributed by atoms with Gasteiger partial charge in [-0.1, -0.05) is 12.1 Å². The molecule has 0 unspecified atom stereocenters. The van der Waals surface area contributed by atoms with E-state index in [4.69, 9.17) is 13.9 Å². The standard InChI is InChI=1S/C22H22O5/c1-14-5-4-6-18(9-14)25-8-7-21(23)26-13-17-12-22(24)27-20-11-16(3)15(2)10-19(17)20/h4-6,9-12H,7-8,13H2,1-3H3. The minimum Gasteiger partial charge on any atom is -0.493 e. The lowest BCUT2D eigenvalue weighted by atomic mass is 10.0. The predicted octanol–water partition coefficient (Wildman–Crippen LogP) is 4.23. The van der Waals surface area contributed by atoms with Gasteiger partial charge >= 0.3 is 11.6 Å². The summed E-state index contributed by atoms with van der Waals surface area (Å²) in [6, 6.07) is 12.8. The summed E-state index contributed by atoms with van der Waals surface area (Å²) in [6.07, 6.45) is 0.130. The fraction of sp³-hybridized carbons (Fsp3) is 0.273. The van der Waals surface area contributed by atoms with Crippen LogP contribution in [0.25, 0.3) is 11.0 Å². The van der Waals surface area contributed by atoms with Gasteiger partial charge in [-0.25, -0.2) is 4.79 Å². The Morgan fingerprint density at radius 1 is 1.04 bits per heavy atom. The second kappa shape index (κ2) is 8.08. The van der Waals surface area contributed by atoms with Crippen LogP contribution in [0.4, 0.5) is 0 Å². The molecule has 0 aliphatic carbocycles. The van der Waals surface area contributed by atoms with E-state index < -0.39 is 5.63 Å². The van der Waals surface area contributed by atoms with E-state index in [1.165, 1.54) is 6.07 Å². The lowest BCUT2D eigenvalue weighted by molar-refractivity contribution is -0.145. The molecule has 0 aliphatic rings. The molecule has 0 N–H and O–H groups in total. The van der Waals surface area contributed by atoms with Crippen molar-refractivity contribution in [3.63, 3.8) is 0 Å². The van der Waals surface area contributed by atoms with Gasteiger partial charge in [0, 0.05) is 17.0 Å². The van der Waals surface area contributed by atoms with Crippen molar-refractivity contribution < 1.29 is 18.7 Å². The van der Waals surface area contributed by atoms with Crippen LogP contribution in [-0.2, 0) is 16.1 Å². The maximum atomic E-state index is 12.0. The highest BCUT2D eigenvalue weighted by atomic mass is 16.5. The SMILES string of the molecule is Cc1cccc(OCCC(=O)OCc2cc(=O)oc3cc(C)c(C)cc23)c1. The third-order valence-corrected chi connectivity index (χ3v) is 4.40. The Balaban J connectivity index is 1.61. The normalized spacial score (nSPS) is 10.8. The number of carbonyl (C=O) groups excluding carboxylic acids is 1. The van der Waals surface area contributed by atoms with E-state index in [-0.39, 0.29) is 25.6 Å². The Morgan fingerprint density at radius 2 is 1.81 bits per heavy atom. The number of hydrogen-bond acceptors (Lipinski definition) is 5. The maximum absolute atomic E-state index is 12.0. The summed E-state index contributed by atoms with van der Waals surface area (Å²) in [7, 11) is 0. The molecule has 1 heterocycles. The largest absolute Gasteiger partial charge is 0.493 e. The number of esters is 1. The van der Waals surface area contributed by atoms with E-state index in [1.54, 1.807) is 0 Å². The number of ether oxygens (including phenoxy) is 2. The number of benzene rings is 2. The number of aryl methyl sites for hydroxylation is 3. The van der Waals surface area contributed by atoms with Crippen LogP contribution >= 0.6 is 0 Å². The first-order chi connectivity index (χ1) is 12.9. The van der Waals surface area contributed by atoms with Gasteiger partial charge in [0.25, 0.3) is 0 Å². The molecule has 0 bridgehead atoms. The average molecular weight is 366 g/mol. The lowest BCUT2D eigenvalue weighted by Crippen LogP contribution is -2.11. The predicted molar refractivity (Wildman–Crippen MR) is 103 cm³/mol. The van der Waals surface area contributed by atoms with Crippen LogP contribution < -0.4 is 10.4 Å². The Morgan fingerprint density at radius 3 is 2.59 bits per heavy atom. The summed E-state index contributed by atoms with van der Waals surface area (Å²) in [5, 5.41) is 0.779. The van der Waals surface area contributed by atoms with Crippen molar-refractivity contribution in [2.75, 3.05) is 6.61 Å². The van der Waals surface area contributed by atoms with Crippen LogP contribution in [0.5, 0.6) is 5.75 Å².